The van der Waals surface area contributed by atoms with E-state index in [1.165, 1.54) is 32.1 Å². The molecule has 0 radical (unpaired) electrons. The van der Waals surface area contributed by atoms with Crippen molar-refractivity contribution >= 4 is 5.82 Å². The van der Waals surface area contributed by atoms with Gasteiger partial charge < -0.3 is 5.32 Å². The van der Waals surface area contributed by atoms with Crippen LogP contribution in [0.1, 0.15) is 46.0 Å². The molecule has 0 spiro atoms. The number of nitrogens with zero attached hydrogens (tertiary/aromatic N) is 2. The fourth-order valence-corrected chi connectivity index (χ4v) is 3.11. The van der Waals surface area contributed by atoms with Gasteiger partial charge in [-0.05, 0) is 30.6 Å². The molecule has 0 bridgehead atoms. The van der Waals surface area contributed by atoms with Gasteiger partial charge in [0.2, 0.25) is 0 Å². The Hall–Kier alpha value is -1.12. The smallest absolute Gasteiger partial charge is 0.144 e. The van der Waals surface area contributed by atoms with Crippen molar-refractivity contribution in [1.82, 2.24) is 9.97 Å². The number of hydrogen-bond acceptors (Lipinski definition) is 3. The molecule has 1 heterocycles. The van der Waals surface area contributed by atoms with E-state index < -0.39 is 0 Å². The highest BCUT2D eigenvalue weighted by Crippen LogP contribution is 2.43. The molecule has 1 N–H and O–H groups in total. The molecule has 0 aliphatic heterocycles. The number of nitrogens with one attached hydrogen (secondary N) is 1. The van der Waals surface area contributed by atoms with E-state index in [0.717, 1.165) is 18.3 Å². The Balaban J connectivity index is 1.94. The zero-order valence-electron chi connectivity index (χ0n) is 10.9. The third kappa shape index (κ3) is 3.42. The molecule has 94 valence electrons. The minimum Gasteiger partial charge on any atom is -0.368 e. The summed E-state index contributed by atoms with van der Waals surface area (Å²) in [7, 11) is 0. The highest BCUT2D eigenvalue weighted by Gasteiger charge is 2.34. The van der Waals surface area contributed by atoms with Crippen LogP contribution in [0, 0.1) is 11.3 Å². The lowest BCUT2D eigenvalue weighted by Crippen LogP contribution is -2.28. The molecule has 1 saturated carbocycles. The van der Waals surface area contributed by atoms with Gasteiger partial charge in [0.1, 0.15) is 5.82 Å². The molecule has 1 aliphatic carbocycles. The highest BCUT2D eigenvalue weighted by molar-refractivity contribution is 5.30. The summed E-state index contributed by atoms with van der Waals surface area (Å²) in [5.41, 5.74) is 0.492. The van der Waals surface area contributed by atoms with Gasteiger partial charge in [-0.15, -0.1) is 0 Å². The van der Waals surface area contributed by atoms with Gasteiger partial charge in [-0.25, -0.2) is 4.98 Å². The van der Waals surface area contributed by atoms with Crippen LogP contribution in [0.2, 0.25) is 0 Å². The van der Waals surface area contributed by atoms with Crippen LogP contribution >= 0.6 is 0 Å². The van der Waals surface area contributed by atoms with Gasteiger partial charge in [0, 0.05) is 18.9 Å². The van der Waals surface area contributed by atoms with E-state index >= 15 is 0 Å². The second kappa shape index (κ2) is 5.48. The van der Waals surface area contributed by atoms with Crippen LogP contribution in [0.15, 0.2) is 18.6 Å². The van der Waals surface area contributed by atoms with E-state index in [1.807, 2.05) is 0 Å². The normalized spacial score (nSPS) is 18.5. The largest absolute Gasteiger partial charge is 0.368 e. The van der Waals surface area contributed by atoms with Gasteiger partial charge in [-0.1, -0.05) is 26.7 Å². The van der Waals surface area contributed by atoms with E-state index in [-0.39, 0.29) is 0 Å². The minimum atomic E-state index is 0.492. The average molecular weight is 233 g/mol. The summed E-state index contributed by atoms with van der Waals surface area (Å²) in [6.45, 7) is 5.69. The third-order valence-corrected chi connectivity index (χ3v) is 3.71. The first kappa shape index (κ1) is 12.3. The van der Waals surface area contributed by atoms with Crippen LogP contribution < -0.4 is 5.32 Å². The van der Waals surface area contributed by atoms with Crippen molar-refractivity contribution in [3.63, 3.8) is 0 Å². The van der Waals surface area contributed by atoms with Crippen LogP contribution in [-0.2, 0) is 0 Å². The van der Waals surface area contributed by atoms with Crippen LogP contribution in [0.3, 0.4) is 0 Å². The molecule has 0 aromatic carbocycles. The SMILES string of the molecule is CC(C)CC1(CNc2cnccn2)CCCC1. The van der Waals surface area contributed by atoms with Crippen molar-refractivity contribution in [2.75, 3.05) is 11.9 Å². The quantitative estimate of drug-likeness (QED) is 0.846. The maximum Gasteiger partial charge on any atom is 0.144 e. The van der Waals surface area contributed by atoms with Crippen LogP contribution in [0.4, 0.5) is 5.82 Å². The van der Waals surface area contributed by atoms with E-state index in [2.05, 4.69) is 29.1 Å². The van der Waals surface area contributed by atoms with E-state index in [0.29, 0.717) is 5.41 Å². The van der Waals surface area contributed by atoms with E-state index in [4.69, 9.17) is 0 Å². The summed E-state index contributed by atoms with van der Waals surface area (Å²) >= 11 is 0. The van der Waals surface area contributed by atoms with E-state index in [9.17, 15) is 0 Å². The average Bonchev–Trinajstić information content (AvgIpc) is 2.76. The molecule has 2 rings (SSSR count). The van der Waals surface area contributed by atoms with E-state index in [1.54, 1.807) is 18.6 Å². The Morgan fingerprint density at radius 2 is 2.06 bits per heavy atom. The van der Waals surface area contributed by atoms with Crippen molar-refractivity contribution in [2.24, 2.45) is 11.3 Å². The Labute approximate surface area is 104 Å². The molecule has 3 nitrogen and oxygen atoms in total. The molecule has 3 heteroatoms. The summed E-state index contributed by atoms with van der Waals surface area (Å²) in [5.74, 6) is 1.68. The molecule has 0 amide bonds. The first-order valence-electron chi connectivity index (χ1n) is 6.70. The first-order valence-corrected chi connectivity index (χ1v) is 6.70. The summed E-state index contributed by atoms with van der Waals surface area (Å²) in [6, 6.07) is 0. The van der Waals surface area contributed by atoms with Crippen molar-refractivity contribution in [2.45, 2.75) is 46.0 Å². The number of rotatable bonds is 5. The maximum atomic E-state index is 4.28. The minimum absolute atomic E-state index is 0.492. The molecule has 0 saturated heterocycles. The second-order valence-corrected chi connectivity index (χ2v) is 5.75. The molecule has 1 aromatic heterocycles. The first-order chi connectivity index (χ1) is 8.20. The fraction of sp³-hybridized carbons (Fsp3) is 0.714. The molecule has 1 fully saturated rings. The summed E-state index contributed by atoms with van der Waals surface area (Å²) < 4.78 is 0. The lowest BCUT2D eigenvalue weighted by Gasteiger charge is -2.31. The number of aromatic nitrogens is 2. The zero-order valence-corrected chi connectivity index (χ0v) is 10.9. The molecule has 1 aromatic rings. The predicted octanol–water partition coefficient (Wildman–Crippen LogP) is 3.50. The standard InChI is InChI=1S/C14H23N3/c1-12(2)9-14(5-3-4-6-14)11-17-13-10-15-7-8-16-13/h7-8,10,12H,3-6,9,11H2,1-2H3,(H,16,17). The molecular weight excluding hydrogens is 210 g/mol. The van der Waals surface area contributed by atoms with Gasteiger partial charge in [0.05, 0.1) is 6.20 Å². The summed E-state index contributed by atoms with van der Waals surface area (Å²) in [5, 5.41) is 3.46. The molecule has 17 heavy (non-hydrogen) atoms. The summed E-state index contributed by atoms with van der Waals surface area (Å²) in [6.07, 6.45) is 12.1. The lowest BCUT2D eigenvalue weighted by atomic mass is 9.78. The van der Waals surface area contributed by atoms with Crippen molar-refractivity contribution < 1.29 is 0 Å². The van der Waals surface area contributed by atoms with Gasteiger partial charge in [-0.3, -0.25) is 4.98 Å². The third-order valence-electron chi connectivity index (χ3n) is 3.71. The van der Waals surface area contributed by atoms with Crippen molar-refractivity contribution in [3.8, 4) is 0 Å². The maximum absolute atomic E-state index is 4.28. The second-order valence-electron chi connectivity index (χ2n) is 5.75. The van der Waals surface area contributed by atoms with Gasteiger partial charge in [0.25, 0.3) is 0 Å². The van der Waals surface area contributed by atoms with Gasteiger partial charge in [-0.2, -0.15) is 0 Å². The lowest BCUT2D eigenvalue weighted by molar-refractivity contribution is 0.252. The van der Waals surface area contributed by atoms with Crippen LogP contribution in [-0.4, -0.2) is 16.5 Å². The monoisotopic (exact) mass is 233 g/mol. The summed E-state index contributed by atoms with van der Waals surface area (Å²) in [4.78, 5) is 8.36. The molecular formula is C14H23N3. The van der Waals surface area contributed by atoms with Crippen LogP contribution in [0.5, 0.6) is 0 Å². The predicted molar refractivity (Wildman–Crippen MR) is 70.9 cm³/mol. The Morgan fingerprint density at radius 1 is 1.29 bits per heavy atom. The van der Waals surface area contributed by atoms with Gasteiger partial charge >= 0.3 is 0 Å². The fourth-order valence-electron chi connectivity index (χ4n) is 3.11. The van der Waals surface area contributed by atoms with Crippen molar-refractivity contribution in [3.05, 3.63) is 18.6 Å². The highest BCUT2D eigenvalue weighted by atomic mass is 15.0. The zero-order chi connectivity index (χ0) is 12.1. The number of anilines is 1. The Kier molecular flexibility index (Phi) is 3.97. The van der Waals surface area contributed by atoms with Crippen molar-refractivity contribution in [1.29, 1.82) is 0 Å². The Morgan fingerprint density at radius 3 is 2.65 bits per heavy atom. The van der Waals surface area contributed by atoms with Gasteiger partial charge in [0.15, 0.2) is 0 Å². The topological polar surface area (TPSA) is 37.8 Å². The molecule has 0 atom stereocenters. The van der Waals surface area contributed by atoms with Crippen LogP contribution in [0.25, 0.3) is 0 Å². The Bertz CT molecular complexity index is 329. The molecule has 1 aliphatic rings. The molecule has 0 unspecified atom stereocenters. The number of hydrogen-bond donors (Lipinski definition) is 1.